The Hall–Kier alpha value is -3.68. The zero-order chi connectivity index (χ0) is 26.7. The molecule has 1 heterocycles. The topological polar surface area (TPSA) is 90.0 Å². The second-order valence-electron chi connectivity index (χ2n) is 8.76. The van der Waals surface area contributed by atoms with Gasteiger partial charge in [0.25, 0.3) is 0 Å². The van der Waals surface area contributed by atoms with E-state index in [-0.39, 0.29) is 40.8 Å². The van der Waals surface area contributed by atoms with Crippen LogP contribution in [-0.2, 0) is 14.3 Å². The van der Waals surface area contributed by atoms with Crippen molar-refractivity contribution < 1.29 is 28.7 Å². The van der Waals surface area contributed by atoms with Gasteiger partial charge in [-0.3, -0.25) is 14.4 Å². The van der Waals surface area contributed by atoms with Gasteiger partial charge in [0.15, 0.2) is 12.4 Å². The van der Waals surface area contributed by atoms with Gasteiger partial charge >= 0.3 is 11.9 Å². The summed E-state index contributed by atoms with van der Waals surface area (Å²) in [5, 5.41) is 0.551. The molecule has 0 aliphatic carbocycles. The predicted octanol–water partition coefficient (Wildman–Crippen LogP) is 5.61. The number of hydrogen-bond donors (Lipinski definition) is 0. The average molecular weight is 540 g/mol. The van der Waals surface area contributed by atoms with E-state index >= 15 is 0 Å². The van der Waals surface area contributed by atoms with Crippen molar-refractivity contribution >= 4 is 52.5 Å². The number of anilines is 1. The maximum Gasteiger partial charge on any atom is 0.345 e. The maximum atomic E-state index is 12.6. The van der Waals surface area contributed by atoms with Crippen molar-refractivity contribution in [3.63, 3.8) is 0 Å². The largest absolute Gasteiger partial charge is 0.457 e. The molecule has 0 N–H and O–H groups in total. The number of halogens is 2. The lowest BCUT2D eigenvalue weighted by molar-refractivity contribution is -0.147. The van der Waals surface area contributed by atoms with E-state index in [1.54, 1.807) is 4.90 Å². The van der Waals surface area contributed by atoms with Gasteiger partial charge < -0.3 is 14.4 Å². The summed E-state index contributed by atoms with van der Waals surface area (Å²) >= 11 is 11.9. The van der Waals surface area contributed by atoms with Crippen LogP contribution >= 0.6 is 23.2 Å². The molecule has 1 aliphatic heterocycles. The van der Waals surface area contributed by atoms with E-state index in [0.29, 0.717) is 5.02 Å². The van der Waals surface area contributed by atoms with Crippen LogP contribution in [0, 0.1) is 19.8 Å². The minimum absolute atomic E-state index is 0.0258. The molecule has 1 amide bonds. The molecule has 0 saturated carbocycles. The molecule has 1 saturated heterocycles. The highest BCUT2D eigenvalue weighted by Crippen LogP contribution is 2.29. The highest BCUT2D eigenvalue weighted by molar-refractivity contribution is 6.36. The lowest BCUT2D eigenvalue weighted by Crippen LogP contribution is -2.27. The van der Waals surface area contributed by atoms with Gasteiger partial charge in [0.2, 0.25) is 5.91 Å². The van der Waals surface area contributed by atoms with Gasteiger partial charge in [0.1, 0.15) is 5.75 Å². The van der Waals surface area contributed by atoms with Gasteiger partial charge in [-0.25, -0.2) is 4.79 Å². The van der Waals surface area contributed by atoms with Gasteiger partial charge in [-0.15, -0.1) is 0 Å². The summed E-state index contributed by atoms with van der Waals surface area (Å²) in [7, 11) is 0. The van der Waals surface area contributed by atoms with Crippen molar-refractivity contribution in [2.45, 2.75) is 20.3 Å². The lowest BCUT2D eigenvalue weighted by atomic mass is 10.1. The Morgan fingerprint density at radius 3 is 2.38 bits per heavy atom. The molecule has 7 nitrogen and oxygen atoms in total. The molecule has 3 aromatic carbocycles. The first-order valence-corrected chi connectivity index (χ1v) is 12.2. The summed E-state index contributed by atoms with van der Waals surface area (Å²) in [6, 6.07) is 16.0. The second kappa shape index (κ2) is 11.2. The first-order chi connectivity index (χ1) is 17.6. The molecular weight excluding hydrogens is 517 g/mol. The molecule has 9 heteroatoms. The zero-order valence-corrected chi connectivity index (χ0v) is 21.6. The van der Waals surface area contributed by atoms with Crippen LogP contribution in [0.5, 0.6) is 5.75 Å². The average Bonchev–Trinajstić information content (AvgIpc) is 3.24. The van der Waals surface area contributed by atoms with E-state index in [1.165, 1.54) is 42.5 Å². The van der Waals surface area contributed by atoms with E-state index in [2.05, 4.69) is 0 Å². The molecule has 37 heavy (non-hydrogen) atoms. The van der Waals surface area contributed by atoms with E-state index < -0.39 is 30.2 Å². The third-order valence-electron chi connectivity index (χ3n) is 5.98. The van der Waals surface area contributed by atoms with Gasteiger partial charge in [0, 0.05) is 29.2 Å². The summed E-state index contributed by atoms with van der Waals surface area (Å²) in [4.78, 5) is 51.5. The molecule has 1 aliphatic rings. The van der Waals surface area contributed by atoms with Gasteiger partial charge in [-0.1, -0.05) is 40.9 Å². The van der Waals surface area contributed by atoms with E-state index in [4.69, 9.17) is 32.7 Å². The number of carbonyl (C=O) groups is 4. The van der Waals surface area contributed by atoms with Gasteiger partial charge in [-0.05, 0) is 67.9 Å². The molecule has 0 bridgehead atoms. The Morgan fingerprint density at radius 2 is 1.70 bits per heavy atom. The van der Waals surface area contributed by atoms with Crippen LogP contribution < -0.4 is 9.64 Å². The number of esters is 2. The second-order valence-corrected chi connectivity index (χ2v) is 9.61. The first kappa shape index (κ1) is 26.4. The maximum absolute atomic E-state index is 12.6. The SMILES string of the molecule is Cc1ccc(N2C[C@H](C(=O)OCC(=O)c3ccc(OC(=O)c4ccc(Cl)cc4Cl)cc3)CC2=O)c(C)c1. The summed E-state index contributed by atoms with van der Waals surface area (Å²) < 4.78 is 10.5. The Bertz CT molecular complexity index is 1390. The highest BCUT2D eigenvalue weighted by Gasteiger charge is 2.37. The number of rotatable bonds is 7. The molecule has 1 fully saturated rings. The molecule has 4 rings (SSSR count). The van der Waals surface area contributed by atoms with Crippen LogP contribution in [0.3, 0.4) is 0 Å². The van der Waals surface area contributed by atoms with Crippen LogP contribution in [0.1, 0.15) is 38.3 Å². The van der Waals surface area contributed by atoms with Gasteiger partial charge in [-0.2, -0.15) is 0 Å². The molecule has 3 aromatic rings. The Labute approximate surface area is 223 Å². The molecule has 0 unspecified atom stereocenters. The molecular formula is C28H23Cl2NO6. The monoisotopic (exact) mass is 539 g/mol. The summed E-state index contributed by atoms with van der Waals surface area (Å²) in [5.41, 5.74) is 3.22. The van der Waals surface area contributed by atoms with Crippen LogP contribution in [0.15, 0.2) is 60.7 Å². The van der Waals surface area contributed by atoms with E-state index in [1.807, 2.05) is 32.0 Å². The van der Waals surface area contributed by atoms with E-state index in [9.17, 15) is 19.2 Å². The minimum Gasteiger partial charge on any atom is -0.457 e. The number of carbonyl (C=O) groups excluding carboxylic acids is 4. The fourth-order valence-electron chi connectivity index (χ4n) is 4.07. The number of hydrogen-bond acceptors (Lipinski definition) is 6. The summed E-state index contributed by atoms with van der Waals surface area (Å²) in [6.45, 7) is 3.62. The third-order valence-corrected chi connectivity index (χ3v) is 6.53. The lowest BCUT2D eigenvalue weighted by Gasteiger charge is -2.19. The van der Waals surface area contributed by atoms with Crippen molar-refractivity contribution in [2.24, 2.45) is 5.92 Å². The molecule has 0 radical (unpaired) electrons. The normalized spacial score (nSPS) is 15.0. The Morgan fingerprint density at radius 1 is 0.973 bits per heavy atom. The number of nitrogens with zero attached hydrogens (tertiary/aromatic N) is 1. The van der Waals surface area contributed by atoms with Crippen molar-refractivity contribution in [2.75, 3.05) is 18.1 Å². The van der Waals surface area contributed by atoms with E-state index in [0.717, 1.165) is 16.8 Å². The van der Waals surface area contributed by atoms with Crippen LogP contribution in [0.4, 0.5) is 5.69 Å². The fraction of sp³-hybridized carbons (Fsp3) is 0.214. The minimum atomic E-state index is -0.671. The third kappa shape index (κ3) is 6.18. The number of benzene rings is 3. The summed E-state index contributed by atoms with van der Waals surface area (Å²) in [5.74, 6) is -2.30. The molecule has 190 valence electrons. The van der Waals surface area contributed by atoms with Crippen molar-refractivity contribution in [1.82, 2.24) is 0 Å². The first-order valence-electron chi connectivity index (χ1n) is 11.5. The van der Waals surface area contributed by atoms with Crippen molar-refractivity contribution in [1.29, 1.82) is 0 Å². The zero-order valence-electron chi connectivity index (χ0n) is 20.1. The van der Waals surface area contributed by atoms with Crippen molar-refractivity contribution in [3.05, 3.63) is 93.0 Å². The molecule has 0 aromatic heterocycles. The summed E-state index contributed by atoms with van der Waals surface area (Å²) in [6.07, 6.45) is 0.0258. The smallest absolute Gasteiger partial charge is 0.345 e. The Kier molecular flexibility index (Phi) is 7.95. The predicted molar refractivity (Wildman–Crippen MR) is 140 cm³/mol. The van der Waals surface area contributed by atoms with Crippen LogP contribution in [-0.4, -0.2) is 36.8 Å². The standard InChI is InChI=1S/C28H23Cl2NO6/c1-16-3-10-24(17(2)11-16)31-14-19(12-26(31)33)27(34)36-15-25(32)18-4-7-21(8-5-18)37-28(35)22-9-6-20(29)13-23(22)30/h3-11,13,19H,12,14-15H2,1-2H3/t19-/m1/s1. The van der Waals surface area contributed by atoms with Gasteiger partial charge in [0.05, 0.1) is 16.5 Å². The number of aryl methyl sites for hydroxylation is 2. The highest BCUT2D eigenvalue weighted by atomic mass is 35.5. The van der Waals surface area contributed by atoms with Crippen LogP contribution in [0.25, 0.3) is 0 Å². The van der Waals surface area contributed by atoms with Crippen LogP contribution in [0.2, 0.25) is 10.0 Å². The number of ketones is 1. The Balaban J connectivity index is 1.31. The quantitative estimate of drug-likeness (QED) is 0.220. The van der Waals surface area contributed by atoms with Crippen molar-refractivity contribution in [3.8, 4) is 5.75 Å². The number of amides is 1. The molecule has 0 spiro atoms. The number of ether oxygens (including phenoxy) is 2. The molecule has 1 atom stereocenters. The number of Topliss-reactive ketones (excluding diaryl/α,β-unsaturated/α-hetero) is 1. The fourth-order valence-corrected chi connectivity index (χ4v) is 4.56.